The average molecular weight is 268 g/mol. The van der Waals surface area contributed by atoms with Crippen LogP contribution in [0.5, 0.6) is 0 Å². The molecule has 0 spiro atoms. The third-order valence-corrected chi connectivity index (χ3v) is 4.12. The van der Waals surface area contributed by atoms with Gasteiger partial charge in [-0.1, -0.05) is 37.4 Å². The van der Waals surface area contributed by atoms with Crippen molar-refractivity contribution in [2.45, 2.75) is 32.7 Å². The summed E-state index contributed by atoms with van der Waals surface area (Å²) in [7, 11) is 2.00. The highest BCUT2D eigenvalue weighted by atomic mass is 15.3. The molecule has 0 saturated carbocycles. The van der Waals surface area contributed by atoms with Crippen LogP contribution >= 0.6 is 0 Å². The summed E-state index contributed by atoms with van der Waals surface area (Å²) in [6.45, 7) is 14.6. The van der Waals surface area contributed by atoms with E-state index in [-0.39, 0.29) is 5.54 Å². The lowest BCUT2D eigenvalue weighted by Crippen LogP contribution is -2.48. The van der Waals surface area contributed by atoms with Crippen LogP contribution in [0.15, 0.2) is 49.0 Å². The molecular formula is C18H24N2. The van der Waals surface area contributed by atoms with Gasteiger partial charge in [0.05, 0.1) is 11.4 Å². The van der Waals surface area contributed by atoms with Crippen LogP contribution in [0.1, 0.15) is 37.0 Å². The number of allylic oxidation sites excluding steroid dienone is 1. The molecule has 0 unspecified atom stereocenters. The Morgan fingerprint density at radius 2 is 2.05 bits per heavy atom. The zero-order chi connectivity index (χ0) is 14.9. The highest BCUT2D eigenvalue weighted by molar-refractivity contribution is 5.55. The molecule has 1 aliphatic heterocycles. The third-order valence-electron chi connectivity index (χ3n) is 4.12. The van der Waals surface area contributed by atoms with Gasteiger partial charge in [-0.25, -0.2) is 0 Å². The number of aryl methyl sites for hydroxylation is 1. The van der Waals surface area contributed by atoms with E-state index in [9.17, 15) is 0 Å². The molecule has 2 nitrogen and oxygen atoms in total. The van der Waals surface area contributed by atoms with Crippen molar-refractivity contribution < 1.29 is 0 Å². The summed E-state index contributed by atoms with van der Waals surface area (Å²) >= 11 is 0. The quantitative estimate of drug-likeness (QED) is 0.866. The van der Waals surface area contributed by atoms with Crippen molar-refractivity contribution in [3.8, 4) is 0 Å². The van der Waals surface area contributed by atoms with Crippen LogP contribution in [-0.4, -0.2) is 11.9 Å². The summed E-state index contributed by atoms with van der Waals surface area (Å²) in [6.07, 6.45) is 5.11. The SMILES string of the molecule is C=C1C[C@@](C)(c2ccc(C)c(/C=C\C)c2)NC(=C)N1C. The maximum absolute atomic E-state index is 4.15. The molecule has 106 valence electrons. The maximum atomic E-state index is 4.15. The van der Waals surface area contributed by atoms with Gasteiger partial charge >= 0.3 is 0 Å². The van der Waals surface area contributed by atoms with Crippen LogP contribution in [0.4, 0.5) is 0 Å². The average Bonchev–Trinajstić information content (AvgIpc) is 2.38. The second-order valence-electron chi connectivity index (χ2n) is 5.78. The zero-order valence-corrected chi connectivity index (χ0v) is 13.0. The molecule has 1 heterocycles. The lowest BCUT2D eigenvalue weighted by Gasteiger charge is -2.43. The molecule has 0 aliphatic carbocycles. The van der Waals surface area contributed by atoms with Gasteiger partial charge in [0.15, 0.2) is 0 Å². The van der Waals surface area contributed by atoms with E-state index in [1.165, 1.54) is 16.7 Å². The van der Waals surface area contributed by atoms with Crippen molar-refractivity contribution in [3.63, 3.8) is 0 Å². The highest BCUT2D eigenvalue weighted by Gasteiger charge is 2.33. The van der Waals surface area contributed by atoms with Crippen molar-refractivity contribution >= 4 is 6.08 Å². The fourth-order valence-corrected chi connectivity index (χ4v) is 2.68. The minimum absolute atomic E-state index is 0.148. The summed E-state index contributed by atoms with van der Waals surface area (Å²) < 4.78 is 0. The number of rotatable bonds is 2. The minimum atomic E-state index is -0.148. The molecule has 0 amide bonds. The number of benzene rings is 1. The van der Waals surface area contributed by atoms with Crippen molar-refractivity contribution in [1.82, 2.24) is 10.2 Å². The van der Waals surface area contributed by atoms with Gasteiger partial charge in [0.1, 0.15) is 0 Å². The molecule has 1 saturated heterocycles. The lowest BCUT2D eigenvalue weighted by molar-refractivity contribution is 0.268. The second-order valence-corrected chi connectivity index (χ2v) is 5.78. The number of hydrogen-bond donors (Lipinski definition) is 1. The summed E-state index contributed by atoms with van der Waals surface area (Å²) in [5.74, 6) is 0.900. The topological polar surface area (TPSA) is 15.3 Å². The molecule has 1 N–H and O–H groups in total. The Bertz CT molecular complexity index is 563. The van der Waals surface area contributed by atoms with E-state index in [0.29, 0.717) is 0 Å². The Hall–Kier alpha value is -1.96. The molecule has 1 fully saturated rings. The fourth-order valence-electron chi connectivity index (χ4n) is 2.68. The molecule has 1 aliphatic rings. The molecule has 1 atom stereocenters. The van der Waals surface area contributed by atoms with E-state index < -0.39 is 0 Å². The Labute approximate surface area is 122 Å². The Morgan fingerprint density at radius 1 is 1.35 bits per heavy atom. The van der Waals surface area contributed by atoms with Crippen LogP contribution in [-0.2, 0) is 5.54 Å². The van der Waals surface area contributed by atoms with Gasteiger partial charge in [-0.15, -0.1) is 0 Å². The van der Waals surface area contributed by atoms with Crippen LogP contribution in [0.2, 0.25) is 0 Å². The Balaban J connectivity index is 2.42. The number of hydrogen-bond acceptors (Lipinski definition) is 2. The van der Waals surface area contributed by atoms with Gasteiger partial charge in [0.25, 0.3) is 0 Å². The zero-order valence-electron chi connectivity index (χ0n) is 13.0. The van der Waals surface area contributed by atoms with Crippen LogP contribution in [0.25, 0.3) is 6.08 Å². The van der Waals surface area contributed by atoms with Gasteiger partial charge in [0.2, 0.25) is 0 Å². The summed E-state index contributed by atoms with van der Waals surface area (Å²) in [6, 6.07) is 6.64. The first-order valence-corrected chi connectivity index (χ1v) is 7.00. The largest absolute Gasteiger partial charge is 0.362 e. The first-order valence-electron chi connectivity index (χ1n) is 7.00. The first-order chi connectivity index (χ1) is 9.37. The predicted octanol–water partition coefficient (Wildman–Crippen LogP) is 4.15. The minimum Gasteiger partial charge on any atom is -0.362 e. The number of nitrogens with one attached hydrogen (secondary N) is 1. The molecule has 2 rings (SSSR count). The second kappa shape index (κ2) is 5.20. The molecule has 0 aromatic heterocycles. The van der Waals surface area contributed by atoms with E-state index in [4.69, 9.17) is 0 Å². The van der Waals surface area contributed by atoms with Gasteiger partial charge in [0, 0.05) is 19.2 Å². The van der Waals surface area contributed by atoms with E-state index in [2.05, 4.69) is 62.7 Å². The fraction of sp³-hybridized carbons (Fsp3) is 0.333. The summed E-state index contributed by atoms with van der Waals surface area (Å²) in [4.78, 5) is 2.02. The van der Waals surface area contributed by atoms with Crippen molar-refractivity contribution in [3.05, 3.63) is 65.6 Å². The van der Waals surface area contributed by atoms with E-state index in [1.54, 1.807) is 0 Å². The van der Waals surface area contributed by atoms with Gasteiger partial charge in [-0.3, -0.25) is 0 Å². The molecule has 0 bridgehead atoms. The lowest BCUT2D eigenvalue weighted by atomic mass is 9.84. The van der Waals surface area contributed by atoms with Crippen LogP contribution in [0.3, 0.4) is 0 Å². The molecule has 1 aromatic carbocycles. The molecule has 0 radical (unpaired) electrons. The Kier molecular flexibility index (Phi) is 3.76. The Morgan fingerprint density at radius 3 is 2.65 bits per heavy atom. The normalized spacial score (nSPS) is 23.3. The first kappa shape index (κ1) is 14.4. The van der Waals surface area contributed by atoms with E-state index in [0.717, 1.165) is 17.9 Å². The predicted molar refractivity (Wildman–Crippen MR) is 87.0 cm³/mol. The summed E-state index contributed by atoms with van der Waals surface area (Å²) in [5.41, 5.74) is 4.77. The standard InChI is InChI=1S/C18H24N2/c1-7-8-16-11-17(10-9-13(16)2)18(5)12-14(3)20(6)15(4)19-18/h7-11,19H,3-4,12H2,1-2,5-6H3/b8-7-/t18-/m0/s1. The molecular weight excluding hydrogens is 244 g/mol. The van der Waals surface area contributed by atoms with Gasteiger partial charge in [-0.05, 0) is 43.5 Å². The molecule has 2 heteroatoms. The maximum Gasteiger partial charge on any atom is 0.0985 e. The van der Waals surface area contributed by atoms with Gasteiger partial charge < -0.3 is 10.2 Å². The van der Waals surface area contributed by atoms with Crippen molar-refractivity contribution in [2.75, 3.05) is 7.05 Å². The van der Waals surface area contributed by atoms with Crippen LogP contribution < -0.4 is 5.32 Å². The summed E-state index contributed by atoms with van der Waals surface area (Å²) in [5, 5.41) is 3.52. The van der Waals surface area contributed by atoms with E-state index in [1.807, 2.05) is 18.9 Å². The smallest absolute Gasteiger partial charge is 0.0985 e. The molecule has 1 aromatic rings. The monoisotopic (exact) mass is 268 g/mol. The van der Waals surface area contributed by atoms with Crippen LogP contribution in [0, 0.1) is 6.92 Å². The van der Waals surface area contributed by atoms with Crippen molar-refractivity contribution in [2.24, 2.45) is 0 Å². The highest BCUT2D eigenvalue weighted by Crippen LogP contribution is 2.35. The third kappa shape index (κ3) is 2.51. The van der Waals surface area contributed by atoms with Crippen molar-refractivity contribution in [1.29, 1.82) is 0 Å². The molecule has 20 heavy (non-hydrogen) atoms. The van der Waals surface area contributed by atoms with Gasteiger partial charge in [-0.2, -0.15) is 0 Å². The number of nitrogens with zero attached hydrogens (tertiary/aromatic N) is 1. The van der Waals surface area contributed by atoms with E-state index >= 15 is 0 Å².